The number of nitro groups is 1. The molecule has 0 spiro atoms. The Morgan fingerprint density at radius 3 is 2.44 bits per heavy atom. The lowest BCUT2D eigenvalue weighted by atomic mass is 10.2. The van der Waals surface area contributed by atoms with E-state index in [1.807, 2.05) is 0 Å². The van der Waals surface area contributed by atoms with Crippen LogP contribution in [0.15, 0.2) is 52.8 Å². The highest BCUT2D eigenvalue weighted by molar-refractivity contribution is 6.05. The molecule has 2 amide bonds. The van der Waals surface area contributed by atoms with Crippen LogP contribution in [0.2, 0.25) is 0 Å². The molecule has 1 N–H and O–H groups in total. The Bertz CT molecular complexity index is 852. The second-order valence-corrected chi connectivity index (χ2v) is 5.74. The minimum Gasteiger partial charge on any atom is -0.465 e. The summed E-state index contributed by atoms with van der Waals surface area (Å²) in [6.45, 7) is 1.69. The first-order valence-electron chi connectivity index (χ1n) is 8.22. The van der Waals surface area contributed by atoms with E-state index in [9.17, 15) is 19.7 Å². The van der Waals surface area contributed by atoms with Crippen LogP contribution in [0, 0.1) is 10.1 Å². The number of morpholine rings is 1. The summed E-state index contributed by atoms with van der Waals surface area (Å²) in [4.78, 5) is 37.1. The number of amides is 2. The molecule has 2 aromatic rings. The van der Waals surface area contributed by atoms with Gasteiger partial charge in [-0.25, -0.2) is 0 Å². The highest BCUT2D eigenvalue weighted by Gasteiger charge is 2.23. The van der Waals surface area contributed by atoms with E-state index in [0.29, 0.717) is 32.1 Å². The van der Waals surface area contributed by atoms with Gasteiger partial charge < -0.3 is 19.4 Å². The third-order valence-corrected chi connectivity index (χ3v) is 3.95. The molecule has 9 nitrogen and oxygen atoms in total. The lowest BCUT2D eigenvalue weighted by Gasteiger charge is -2.27. The molecule has 27 heavy (non-hydrogen) atoms. The number of nitrogens with one attached hydrogen (secondary N) is 1. The van der Waals surface area contributed by atoms with Gasteiger partial charge in [0.1, 0.15) is 11.5 Å². The summed E-state index contributed by atoms with van der Waals surface area (Å²) in [6, 6.07) is 8.45. The van der Waals surface area contributed by atoms with E-state index in [4.69, 9.17) is 9.15 Å². The Morgan fingerprint density at radius 2 is 1.85 bits per heavy atom. The highest BCUT2D eigenvalue weighted by atomic mass is 16.6. The van der Waals surface area contributed by atoms with Gasteiger partial charge in [0.2, 0.25) is 0 Å². The number of furan rings is 1. The Kier molecular flexibility index (Phi) is 5.62. The van der Waals surface area contributed by atoms with E-state index >= 15 is 0 Å². The molecule has 0 radical (unpaired) electrons. The summed E-state index contributed by atoms with van der Waals surface area (Å²) in [5.41, 5.74) is 0.123. The van der Waals surface area contributed by atoms with Crippen LogP contribution in [0.25, 0.3) is 6.08 Å². The fourth-order valence-electron chi connectivity index (χ4n) is 2.53. The molecule has 1 fully saturated rings. The first-order valence-corrected chi connectivity index (χ1v) is 8.22. The maximum absolute atomic E-state index is 12.8. The van der Waals surface area contributed by atoms with E-state index in [-0.39, 0.29) is 22.9 Å². The minimum absolute atomic E-state index is 0.0511. The second-order valence-electron chi connectivity index (χ2n) is 5.74. The van der Waals surface area contributed by atoms with Gasteiger partial charge in [-0.05, 0) is 24.3 Å². The molecule has 0 saturated carbocycles. The van der Waals surface area contributed by atoms with Crippen LogP contribution in [0.4, 0.5) is 5.69 Å². The van der Waals surface area contributed by atoms with Crippen molar-refractivity contribution >= 4 is 23.6 Å². The normalized spacial score (nSPS) is 14.7. The zero-order valence-corrected chi connectivity index (χ0v) is 14.3. The Morgan fingerprint density at radius 1 is 1.15 bits per heavy atom. The van der Waals surface area contributed by atoms with E-state index in [1.54, 1.807) is 17.0 Å². The molecule has 3 rings (SSSR count). The van der Waals surface area contributed by atoms with Gasteiger partial charge in [-0.3, -0.25) is 19.7 Å². The van der Waals surface area contributed by atoms with E-state index < -0.39 is 10.8 Å². The summed E-state index contributed by atoms with van der Waals surface area (Å²) in [5, 5.41) is 13.3. The number of hydrogen-bond donors (Lipinski definition) is 1. The van der Waals surface area contributed by atoms with Crippen LogP contribution in [0.5, 0.6) is 0 Å². The van der Waals surface area contributed by atoms with Crippen LogP contribution in [-0.2, 0) is 9.53 Å². The van der Waals surface area contributed by atoms with Crippen molar-refractivity contribution in [3.05, 3.63) is 69.8 Å². The van der Waals surface area contributed by atoms with Gasteiger partial charge in [-0.15, -0.1) is 0 Å². The third kappa shape index (κ3) is 4.59. The molecule has 9 heteroatoms. The van der Waals surface area contributed by atoms with Crippen molar-refractivity contribution in [2.75, 3.05) is 26.3 Å². The molecule has 0 unspecified atom stereocenters. The van der Waals surface area contributed by atoms with Crippen molar-refractivity contribution in [3.63, 3.8) is 0 Å². The first-order chi connectivity index (χ1) is 13.0. The molecule has 0 bridgehead atoms. The molecule has 1 aliphatic heterocycles. The number of carbonyl (C=O) groups excluding carboxylic acids is 2. The van der Waals surface area contributed by atoms with Gasteiger partial charge in [-0.2, -0.15) is 0 Å². The number of non-ortho nitro benzene ring substituents is 1. The molecule has 1 saturated heterocycles. The van der Waals surface area contributed by atoms with Crippen molar-refractivity contribution in [1.29, 1.82) is 0 Å². The SMILES string of the molecule is O=C(N/C(=C/c1ccco1)C(=O)N1CCOCC1)c1ccc([N+](=O)[O-])cc1. The van der Waals surface area contributed by atoms with E-state index in [2.05, 4.69) is 5.32 Å². The van der Waals surface area contributed by atoms with Gasteiger partial charge in [-0.1, -0.05) is 0 Å². The van der Waals surface area contributed by atoms with Crippen molar-refractivity contribution < 1.29 is 23.7 Å². The molecule has 1 aromatic carbocycles. The van der Waals surface area contributed by atoms with Gasteiger partial charge in [0.05, 0.1) is 24.4 Å². The van der Waals surface area contributed by atoms with Crippen molar-refractivity contribution in [2.45, 2.75) is 0 Å². The Balaban J connectivity index is 1.81. The topological polar surface area (TPSA) is 115 Å². The maximum Gasteiger partial charge on any atom is 0.270 e. The number of rotatable bonds is 5. The number of hydrogen-bond acceptors (Lipinski definition) is 6. The summed E-state index contributed by atoms with van der Waals surface area (Å²) < 4.78 is 10.5. The molecule has 1 aromatic heterocycles. The highest BCUT2D eigenvalue weighted by Crippen LogP contribution is 2.14. The standard InChI is InChI=1S/C18H17N3O6/c22-17(13-3-5-14(6-4-13)21(24)25)19-16(12-15-2-1-9-27-15)18(23)20-7-10-26-11-8-20/h1-6,9,12H,7-8,10-11H2,(H,19,22)/b16-12+. The van der Waals surface area contributed by atoms with E-state index in [0.717, 1.165) is 0 Å². The smallest absolute Gasteiger partial charge is 0.270 e. The Labute approximate surface area is 154 Å². The van der Waals surface area contributed by atoms with Crippen LogP contribution in [0.3, 0.4) is 0 Å². The largest absolute Gasteiger partial charge is 0.465 e. The second kappa shape index (κ2) is 8.28. The summed E-state index contributed by atoms with van der Waals surface area (Å²) in [6.07, 6.45) is 2.90. The molecule has 0 aliphatic carbocycles. The van der Waals surface area contributed by atoms with Crippen molar-refractivity contribution in [1.82, 2.24) is 10.2 Å². The molecular formula is C18H17N3O6. The predicted octanol–water partition coefficient (Wildman–Crippen LogP) is 1.82. The average Bonchev–Trinajstić information content (AvgIpc) is 3.20. The first kappa shape index (κ1) is 18.3. The van der Waals surface area contributed by atoms with Crippen molar-refractivity contribution in [3.8, 4) is 0 Å². The fourth-order valence-corrected chi connectivity index (χ4v) is 2.53. The lowest BCUT2D eigenvalue weighted by molar-refractivity contribution is -0.384. The molecule has 1 aliphatic rings. The molecule has 140 valence electrons. The van der Waals surface area contributed by atoms with Gasteiger partial charge >= 0.3 is 0 Å². The monoisotopic (exact) mass is 371 g/mol. The number of ether oxygens (including phenoxy) is 1. The van der Waals surface area contributed by atoms with Crippen LogP contribution in [0.1, 0.15) is 16.1 Å². The minimum atomic E-state index is -0.552. The van der Waals surface area contributed by atoms with Crippen LogP contribution >= 0.6 is 0 Å². The zero-order chi connectivity index (χ0) is 19.2. The summed E-state index contributed by atoms with van der Waals surface area (Å²) in [7, 11) is 0. The number of benzene rings is 1. The van der Waals surface area contributed by atoms with Gasteiger partial charge in [0.25, 0.3) is 17.5 Å². The van der Waals surface area contributed by atoms with Crippen LogP contribution < -0.4 is 5.32 Å². The van der Waals surface area contributed by atoms with E-state index in [1.165, 1.54) is 36.6 Å². The Hall–Kier alpha value is -3.46. The van der Waals surface area contributed by atoms with Gasteiger partial charge in [0.15, 0.2) is 0 Å². The molecular weight excluding hydrogens is 354 g/mol. The average molecular weight is 371 g/mol. The molecule has 0 atom stereocenters. The van der Waals surface area contributed by atoms with Crippen LogP contribution in [-0.4, -0.2) is 47.9 Å². The number of nitro benzene ring substituents is 1. The third-order valence-electron chi connectivity index (χ3n) is 3.95. The fraction of sp³-hybridized carbons (Fsp3) is 0.222. The molecule has 2 heterocycles. The predicted molar refractivity (Wildman–Crippen MR) is 94.6 cm³/mol. The maximum atomic E-state index is 12.8. The quantitative estimate of drug-likeness (QED) is 0.487. The number of carbonyl (C=O) groups is 2. The summed E-state index contributed by atoms with van der Waals surface area (Å²) >= 11 is 0. The zero-order valence-electron chi connectivity index (χ0n) is 14.3. The number of nitrogens with zero attached hydrogens (tertiary/aromatic N) is 2. The summed E-state index contributed by atoms with van der Waals surface area (Å²) in [5.74, 6) is -0.495. The van der Waals surface area contributed by atoms with Crippen molar-refractivity contribution in [2.24, 2.45) is 0 Å². The lowest BCUT2D eigenvalue weighted by Crippen LogP contribution is -2.44. The van der Waals surface area contributed by atoms with Gasteiger partial charge in [0, 0.05) is 36.9 Å².